The summed E-state index contributed by atoms with van der Waals surface area (Å²) in [5.74, 6) is -0.255. The maximum Gasteiger partial charge on any atom is 0.267 e. The molecule has 0 bridgehead atoms. The zero-order valence-electron chi connectivity index (χ0n) is 18.4. The third-order valence-electron chi connectivity index (χ3n) is 6.01. The summed E-state index contributed by atoms with van der Waals surface area (Å²) >= 11 is 0. The van der Waals surface area contributed by atoms with Crippen LogP contribution in [0.1, 0.15) is 16.1 Å². The van der Waals surface area contributed by atoms with E-state index in [1.165, 1.54) is 0 Å². The van der Waals surface area contributed by atoms with Crippen LogP contribution in [-0.2, 0) is 16.4 Å². The Balaban J connectivity index is 1.24. The van der Waals surface area contributed by atoms with E-state index in [0.717, 1.165) is 27.2 Å². The minimum atomic E-state index is -3.81. The number of furan rings is 1. The Labute approximate surface area is 200 Å². The van der Waals surface area contributed by atoms with Gasteiger partial charge in [-0.3, -0.25) is 9.78 Å². The van der Waals surface area contributed by atoms with Crippen LogP contribution in [0.4, 0.5) is 0 Å². The van der Waals surface area contributed by atoms with Crippen molar-refractivity contribution < 1.29 is 17.6 Å². The number of hydrogen-bond donors (Lipinski definition) is 2. The van der Waals surface area contributed by atoms with Gasteiger partial charge in [-0.25, -0.2) is 8.42 Å². The summed E-state index contributed by atoms with van der Waals surface area (Å²) in [4.78, 5) is 19.9. The van der Waals surface area contributed by atoms with Gasteiger partial charge in [-0.15, -0.1) is 0 Å². The van der Waals surface area contributed by atoms with Crippen molar-refractivity contribution in [1.82, 2.24) is 15.3 Å². The van der Waals surface area contributed by atoms with Gasteiger partial charge in [0, 0.05) is 40.6 Å². The summed E-state index contributed by atoms with van der Waals surface area (Å²) in [5, 5.41) is 5.33. The number of amides is 1. The van der Waals surface area contributed by atoms with Crippen LogP contribution >= 0.6 is 0 Å². The molecule has 0 radical (unpaired) electrons. The predicted molar refractivity (Wildman–Crippen MR) is 133 cm³/mol. The molecule has 7 nitrogen and oxygen atoms in total. The number of aromatic amines is 1. The number of H-pyrrole nitrogens is 1. The van der Waals surface area contributed by atoms with Crippen molar-refractivity contribution in [1.29, 1.82) is 0 Å². The first-order valence-electron chi connectivity index (χ1n) is 11.0. The molecule has 0 aliphatic heterocycles. The van der Waals surface area contributed by atoms with Gasteiger partial charge in [0.15, 0.2) is 5.58 Å². The molecule has 0 saturated heterocycles. The Morgan fingerprint density at radius 2 is 1.74 bits per heavy atom. The number of rotatable bonds is 5. The molecule has 0 aliphatic carbocycles. The fourth-order valence-corrected chi connectivity index (χ4v) is 5.62. The number of carbonyl (C=O) groups is 1. The van der Waals surface area contributed by atoms with Gasteiger partial charge >= 0.3 is 0 Å². The Morgan fingerprint density at radius 1 is 0.943 bits per heavy atom. The molecule has 172 valence electrons. The van der Waals surface area contributed by atoms with Crippen LogP contribution in [0.15, 0.2) is 105 Å². The minimum Gasteiger partial charge on any atom is -0.455 e. The number of nitrogens with zero attached hydrogens (tertiary/aromatic N) is 1. The second-order valence-corrected chi connectivity index (χ2v) is 10.1. The zero-order valence-corrected chi connectivity index (χ0v) is 19.2. The van der Waals surface area contributed by atoms with Crippen molar-refractivity contribution in [3.63, 3.8) is 0 Å². The molecule has 1 amide bonds. The number of sulfone groups is 1. The maximum atomic E-state index is 13.4. The molecule has 2 N–H and O–H groups in total. The Kier molecular flexibility index (Phi) is 4.89. The average molecular weight is 482 g/mol. The number of aromatic nitrogens is 2. The topological polar surface area (TPSA) is 105 Å². The van der Waals surface area contributed by atoms with Gasteiger partial charge in [0.25, 0.3) is 5.91 Å². The molecule has 6 rings (SSSR count). The smallest absolute Gasteiger partial charge is 0.267 e. The van der Waals surface area contributed by atoms with Crippen molar-refractivity contribution >= 4 is 48.6 Å². The van der Waals surface area contributed by atoms with Crippen LogP contribution in [0.3, 0.4) is 0 Å². The molecule has 0 atom stereocenters. The van der Waals surface area contributed by atoms with Crippen molar-refractivity contribution in [3.8, 4) is 0 Å². The summed E-state index contributed by atoms with van der Waals surface area (Å²) < 4.78 is 32.8. The van der Waals surface area contributed by atoms with Gasteiger partial charge in [-0.1, -0.05) is 42.5 Å². The van der Waals surface area contributed by atoms with E-state index in [-0.39, 0.29) is 22.2 Å². The second kappa shape index (κ2) is 8.11. The summed E-state index contributed by atoms with van der Waals surface area (Å²) in [5.41, 5.74) is 3.03. The molecule has 0 spiro atoms. The van der Waals surface area contributed by atoms with Crippen molar-refractivity contribution in [2.75, 3.05) is 0 Å². The van der Waals surface area contributed by atoms with Crippen LogP contribution in [0.25, 0.3) is 32.8 Å². The summed E-state index contributed by atoms with van der Waals surface area (Å²) in [6, 6.07) is 22.7. The van der Waals surface area contributed by atoms with E-state index in [4.69, 9.17) is 4.42 Å². The SMILES string of the molecule is O=C(NCc1ccc(S(=O)(=O)c2cccc3c2oc2ccccc23)cc1)c1cc2cnccc2[nH]1. The molecular weight excluding hydrogens is 462 g/mol. The highest BCUT2D eigenvalue weighted by Crippen LogP contribution is 2.35. The number of hydrogen-bond acceptors (Lipinski definition) is 5. The van der Waals surface area contributed by atoms with Crippen molar-refractivity contribution in [2.45, 2.75) is 16.3 Å². The monoisotopic (exact) mass is 481 g/mol. The lowest BCUT2D eigenvalue weighted by Crippen LogP contribution is -2.23. The average Bonchev–Trinajstić information content (AvgIpc) is 3.49. The van der Waals surface area contributed by atoms with Gasteiger partial charge < -0.3 is 14.7 Å². The second-order valence-electron chi connectivity index (χ2n) is 8.21. The first-order valence-corrected chi connectivity index (χ1v) is 12.4. The molecule has 0 fully saturated rings. The molecule has 0 aliphatic rings. The summed E-state index contributed by atoms with van der Waals surface area (Å²) in [6.45, 7) is 0.256. The maximum absolute atomic E-state index is 13.4. The van der Waals surface area contributed by atoms with E-state index in [0.29, 0.717) is 16.9 Å². The Bertz CT molecular complexity index is 1800. The largest absolute Gasteiger partial charge is 0.455 e. The molecule has 8 heteroatoms. The first-order chi connectivity index (χ1) is 17.0. The number of nitrogens with one attached hydrogen (secondary N) is 2. The highest BCUT2D eigenvalue weighted by atomic mass is 32.2. The van der Waals surface area contributed by atoms with Crippen LogP contribution in [0, 0.1) is 0 Å². The van der Waals surface area contributed by atoms with Crippen molar-refractivity contribution in [2.24, 2.45) is 0 Å². The van der Waals surface area contributed by atoms with E-state index in [2.05, 4.69) is 15.3 Å². The normalized spacial score (nSPS) is 11.9. The highest BCUT2D eigenvalue weighted by molar-refractivity contribution is 7.91. The van der Waals surface area contributed by atoms with Crippen LogP contribution < -0.4 is 5.32 Å². The number of benzene rings is 3. The minimum absolute atomic E-state index is 0.126. The van der Waals surface area contributed by atoms with Crippen LogP contribution in [-0.4, -0.2) is 24.3 Å². The lowest BCUT2D eigenvalue weighted by atomic mass is 10.1. The lowest BCUT2D eigenvalue weighted by molar-refractivity contribution is 0.0946. The standard InChI is InChI=1S/C27H19N3O4S/c31-27(23-14-18-16-28-13-12-22(18)30-23)29-15-17-8-10-19(11-9-17)35(32,33)25-7-3-5-21-20-4-1-2-6-24(20)34-26(21)25/h1-14,16,30H,15H2,(H,29,31). The Morgan fingerprint density at radius 3 is 2.57 bits per heavy atom. The lowest BCUT2D eigenvalue weighted by Gasteiger charge is -2.08. The van der Waals surface area contributed by atoms with Crippen LogP contribution in [0.2, 0.25) is 0 Å². The number of pyridine rings is 1. The van der Waals surface area contributed by atoms with Gasteiger partial charge in [0.05, 0.1) is 4.90 Å². The molecule has 3 aromatic carbocycles. The van der Waals surface area contributed by atoms with Crippen LogP contribution in [0.5, 0.6) is 0 Å². The van der Waals surface area contributed by atoms with E-state index in [1.807, 2.05) is 30.3 Å². The number of fused-ring (bicyclic) bond motifs is 4. The summed E-state index contributed by atoms with van der Waals surface area (Å²) in [6.07, 6.45) is 3.35. The quantitative estimate of drug-likeness (QED) is 0.351. The third kappa shape index (κ3) is 3.64. The summed E-state index contributed by atoms with van der Waals surface area (Å²) in [7, 11) is -3.81. The molecule has 6 aromatic rings. The number of para-hydroxylation sites is 2. The molecule has 3 heterocycles. The third-order valence-corrected chi connectivity index (χ3v) is 7.80. The fourth-order valence-electron chi connectivity index (χ4n) is 4.22. The number of carbonyl (C=O) groups excluding carboxylic acids is 1. The Hall–Kier alpha value is -4.43. The van der Waals surface area contributed by atoms with Gasteiger partial charge in [0.2, 0.25) is 9.84 Å². The highest BCUT2D eigenvalue weighted by Gasteiger charge is 2.23. The molecule has 3 aromatic heterocycles. The van der Waals surface area contributed by atoms with Gasteiger partial charge in [0.1, 0.15) is 16.2 Å². The first kappa shape index (κ1) is 21.1. The van der Waals surface area contributed by atoms with E-state index in [1.54, 1.807) is 60.9 Å². The van der Waals surface area contributed by atoms with E-state index >= 15 is 0 Å². The molecule has 35 heavy (non-hydrogen) atoms. The molecule has 0 saturated carbocycles. The zero-order chi connectivity index (χ0) is 24.0. The van der Waals surface area contributed by atoms with E-state index < -0.39 is 9.84 Å². The van der Waals surface area contributed by atoms with Gasteiger partial charge in [-0.05, 0) is 42.0 Å². The van der Waals surface area contributed by atoms with Gasteiger partial charge in [-0.2, -0.15) is 0 Å². The predicted octanol–water partition coefficient (Wildman–Crippen LogP) is 5.23. The van der Waals surface area contributed by atoms with E-state index in [9.17, 15) is 13.2 Å². The van der Waals surface area contributed by atoms with Crippen molar-refractivity contribution in [3.05, 3.63) is 103 Å². The fraction of sp³-hybridized carbons (Fsp3) is 0.0370. The molecule has 0 unspecified atom stereocenters. The molecular formula is C27H19N3O4S.